The molecule has 1 unspecified atom stereocenters. The van der Waals surface area contributed by atoms with Gasteiger partial charge in [-0.05, 0) is 43.2 Å². The van der Waals surface area contributed by atoms with Crippen molar-refractivity contribution in [1.29, 1.82) is 0 Å². The van der Waals surface area contributed by atoms with Crippen molar-refractivity contribution in [2.75, 3.05) is 14.2 Å². The molecule has 1 aromatic heterocycles. The van der Waals surface area contributed by atoms with E-state index in [0.717, 1.165) is 33.8 Å². The van der Waals surface area contributed by atoms with Crippen LogP contribution in [0.4, 0.5) is 0 Å². The van der Waals surface area contributed by atoms with Crippen molar-refractivity contribution in [3.8, 4) is 11.5 Å². The van der Waals surface area contributed by atoms with Crippen LogP contribution in [0.2, 0.25) is 0 Å². The predicted octanol–water partition coefficient (Wildman–Crippen LogP) is 4.26. The van der Waals surface area contributed by atoms with Crippen LogP contribution in [0.3, 0.4) is 0 Å². The standard InChI is InChI=1S/C21H23NO4/c1-14(20-12-16-6-4-5-7-19(16)26-20)22-21(23)9-8-15-10-17(24-2)13-18(11-15)25-3/h4-7,10-14H,8-9H2,1-3H3,(H,22,23). The lowest BCUT2D eigenvalue weighted by Crippen LogP contribution is -2.26. The molecule has 1 amide bonds. The molecule has 2 aromatic carbocycles. The lowest BCUT2D eigenvalue weighted by atomic mass is 10.1. The molecule has 0 aliphatic carbocycles. The number of rotatable bonds is 7. The first kappa shape index (κ1) is 17.9. The van der Waals surface area contributed by atoms with Crippen LogP contribution in [0.1, 0.15) is 30.7 Å². The fourth-order valence-electron chi connectivity index (χ4n) is 2.87. The van der Waals surface area contributed by atoms with Crippen molar-refractivity contribution in [1.82, 2.24) is 5.32 Å². The maximum absolute atomic E-state index is 12.3. The summed E-state index contributed by atoms with van der Waals surface area (Å²) in [5.74, 6) is 2.16. The van der Waals surface area contributed by atoms with Gasteiger partial charge in [0.15, 0.2) is 0 Å². The predicted molar refractivity (Wildman–Crippen MR) is 101 cm³/mol. The molecule has 1 N–H and O–H groups in total. The molecular formula is C21H23NO4. The molecule has 0 aliphatic rings. The average molecular weight is 353 g/mol. The molecule has 0 fully saturated rings. The first-order chi connectivity index (χ1) is 12.6. The molecule has 1 atom stereocenters. The summed E-state index contributed by atoms with van der Waals surface area (Å²) in [7, 11) is 3.22. The molecule has 136 valence electrons. The van der Waals surface area contributed by atoms with Gasteiger partial charge in [0.25, 0.3) is 0 Å². The minimum Gasteiger partial charge on any atom is -0.497 e. The van der Waals surface area contributed by atoms with Crippen molar-refractivity contribution in [3.63, 3.8) is 0 Å². The van der Waals surface area contributed by atoms with Crippen LogP contribution in [-0.4, -0.2) is 20.1 Å². The van der Waals surface area contributed by atoms with Crippen LogP contribution < -0.4 is 14.8 Å². The zero-order chi connectivity index (χ0) is 18.5. The Labute approximate surface area is 152 Å². The van der Waals surface area contributed by atoms with Gasteiger partial charge in [-0.1, -0.05) is 18.2 Å². The number of methoxy groups -OCH3 is 2. The summed E-state index contributed by atoms with van der Waals surface area (Å²) in [5.41, 5.74) is 1.82. The maximum atomic E-state index is 12.3. The van der Waals surface area contributed by atoms with Gasteiger partial charge in [-0.2, -0.15) is 0 Å². The number of furan rings is 1. The lowest BCUT2D eigenvalue weighted by Gasteiger charge is -2.12. The molecule has 5 heteroatoms. The van der Waals surface area contributed by atoms with Gasteiger partial charge in [0.2, 0.25) is 5.91 Å². The fourth-order valence-corrected chi connectivity index (χ4v) is 2.87. The van der Waals surface area contributed by atoms with E-state index in [2.05, 4.69) is 5.32 Å². The molecule has 26 heavy (non-hydrogen) atoms. The maximum Gasteiger partial charge on any atom is 0.220 e. The van der Waals surface area contributed by atoms with E-state index in [-0.39, 0.29) is 11.9 Å². The molecule has 0 saturated heterocycles. The van der Waals surface area contributed by atoms with Gasteiger partial charge in [0.05, 0.1) is 20.3 Å². The molecule has 0 radical (unpaired) electrons. The number of aryl methyl sites for hydroxylation is 1. The number of benzene rings is 2. The molecule has 5 nitrogen and oxygen atoms in total. The molecule has 0 saturated carbocycles. The smallest absolute Gasteiger partial charge is 0.220 e. The first-order valence-electron chi connectivity index (χ1n) is 8.59. The van der Waals surface area contributed by atoms with Crippen LogP contribution in [0.25, 0.3) is 11.0 Å². The second-order valence-corrected chi connectivity index (χ2v) is 6.20. The zero-order valence-electron chi connectivity index (χ0n) is 15.2. The van der Waals surface area contributed by atoms with Gasteiger partial charge in [0.1, 0.15) is 22.8 Å². The van der Waals surface area contributed by atoms with Gasteiger partial charge in [-0.25, -0.2) is 0 Å². The molecule has 3 aromatic rings. The highest BCUT2D eigenvalue weighted by Gasteiger charge is 2.14. The van der Waals surface area contributed by atoms with E-state index in [1.807, 2.05) is 55.5 Å². The Morgan fingerprint density at radius 2 is 1.77 bits per heavy atom. The van der Waals surface area contributed by atoms with Gasteiger partial charge in [0, 0.05) is 17.9 Å². The third-order valence-electron chi connectivity index (χ3n) is 4.30. The SMILES string of the molecule is COc1cc(CCC(=O)NC(C)c2cc3ccccc3o2)cc(OC)c1. The minimum atomic E-state index is -0.185. The van der Waals surface area contributed by atoms with Crippen LogP contribution in [0.5, 0.6) is 11.5 Å². The Morgan fingerprint density at radius 3 is 2.42 bits per heavy atom. The van der Waals surface area contributed by atoms with Gasteiger partial charge in [-0.3, -0.25) is 4.79 Å². The highest BCUT2D eigenvalue weighted by atomic mass is 16.5. The second kappa shape index (κ2) is 7.95. The largest absolute Gasteiger partial charge is 0.497 e. The van der Waals surface area contributed by atoms with E-state index in [1.54, 1.807) is 14.2 Å². The summed E-state index contributed by atoms with van der Waals surface area (Å²) in [6.07, 6.45) is 0.979. The summed E-state index contributed by atoms with van der Waals surface area (Å²) in [5, 5.41) is 4.02. The van der Waals surface area contributed by atoms with Crippen LogP contribution in [0.15, 0.2) is 52.9 Å². The highest BCUT2D eigenvalue weighted by molar-refractivity contribution is 5.79. The van der Waals surface area contributed by atoms with E-state index in [0.29, 0.717) is 12.8 Å². The zero-order valence-corrected chi connectivity index (χ0v) is 15.2. The number of carbonyl (C=O) groups is 1. The van der Waals surface area contributed by atoms with Crippen molar-refractivity contribution in [2.45, 2.75) is 25.8 Å². The van der Waals surface area contributed by atoms with Crippen molar-refractivity contribution in [2.24, 2.45) is 0 Å². The van der Waals surface area contributed by atoms with E-state index >= 15 is 0 Å². The van der Waals surface area contributed by atoms with E-state index in [1.165, 1.54) is 0 Å². The van der Waals surface area contributed by atoms with Crippen LogP contribution in [-0.2, 0) is 11.2 Å². The van der Waals surface area contributed by atoms with Gasteiger partial charge < -0.3 is 19.2 Å². The average Bonchev–Trinajstić information content (AvgIpc) is 3.10. The topological polar surface area (TPSA) is 60.7 Å². The number of amides is 1. The van der Waals surface area contributed by atoms with Crippen molar-refractivity contribution < 1.29 is 18.7 Å². The Hall–Kier alpha value is -2.95. The molecule has 3 rings (SSSR count). The summed E-state index contributed by atoms with van der Waals surface area (Å²) in [4.78, 5) is 12.3. The molecule has 0 aliphatic heterocycles. The number of nitrogens with one attached hydrogen (secondary N) is 1. The fraction of sp³-hybridized carbons (Fsp3) is 0.286. The second-order valence-electron chi connectivity index (χ2n) is 6.20. The Morgan fingerprint density at radius 1 is 1.08 bits per heavy atom. The van der Waals surface area contributed by atoms with E-state index in [4.69, 9.17) is 13.9 Å². The summed E-state index contributed by atoms with van der Waals surface area (Å²) in [6.45, 7) is 1.92. The monoisotopic (exact) mass is 353 g/mol. The Bertz CT molecular complexity index is 845. The number of hydrogen-bond donors (Lipinski definition) is 1. The number of fused-ring (bicyclic) bond motifs is 1. The number of hydrogen-bond acceptors (Lipinski definition) is 4. The molecular weight excluding hydrogens is 330 g/mol. The van der Waals surface area contributed by atoms with Crippen LogP contribution >= 0.6 is 0 Å². The highest BCUT2D eigenvalue weighted by Crippen LogP contribution is 2.25. The number of ether oxygens (including phenoxy) is 2. The van der Waals surface area contributed by atoms with Gasteiger partial charge in [-0.15, -0.1) is 0 Å². The normalized spacial score (nSPS) is 12.0. The van der Waals surface area contributed by atoms with Crippen LogP contribution in [0, 0.1) is 0 Å². The summed E-state index contributed by atoms with van der Waals surface area (Å²) < 4.78 is 16.3. The third-order valence-corrected chi connectivity index (χ3v) is 4.30. The van der Waals surface area contributed by atoms with Crippen molar-refractivity contribution >= 4 is 16.9 Å². The van der Waals surface area contributed by atoms with Crippen molar-refractivity contribution in [3.05, 3.63) is 59.9 Å². The molecule has 0 bridgehead atoms. The quantitative estimate of drug-likeness (QED) is 0.689. The third kappa shape index (κ3) is 4.17. The van der Waals surface area contributed by atoms with E-state index < -0.39 is 0 Å². The lowest BCUT2D eigenvalue weighted by molar-refractivity contribution is -0.121. The number of carbonyl (C=O) groups excluding carboxylic acids is 1. The minimum absolute atomic E-state index is 0.0280. The summed E-state index contributed by atoms with van der Waals surface area (Å²) in [6, 6.07) is 15.2. The molecule has 0 spiro atoms. The first-order valence-corrected chi connectivity index (χ1v) is 8.59. The Balaban J connectivity index is 1.60. The Kier molecular flexibility index (Phi) is 5.46. The summed E-state index contributed by atoms with van der Waals surface area (Å²) >= 11 is 0. The van der Waals surface area contributed by atoms with Gasteiger partial charge >= 0.3 is 0 Å². The number of para-hydroxylation sites is 1. The molecule has 1 heterocycles. The van der Waals surface area contributed by atoms with E-state index in [9.17, 15) is 4.79 Å².